The lowest BCUT2D eigenvalue weighted by molar-refractivity contribution is -0.209. The van der Waals surface area contributed by atoms with E-state index in [9.17, 15) is 13.2 Å². The van der Waals surface area contributed by atoms with E-state index in [-0.39, 0.29) is 0 Å². The van der Waals surface area contributed by atoms with Crippen LogP contribution in [-0.4, -0.2) is 11.6 Å². The maximum absolute atomic E-state index is 13.7. The molecular weight excluding hydrogens is 177 g/mol. The maximum atomic E-state index is 13.7. The zero-order valence-corrected chi connectivity index (χ0v) is 9.21. The van der Waals surface area contributed by atoms with Crippen LogP contribution in [0.3, 0.4) is 0 Å². The van der Waals surface area contributed by atoms with Crippen molar-refractivity contribution in [2.45, 2.75) is 53.1 Å². The van der Waals surface area contributed by atoms with E-state index >= 15 is 0 Å². The van der Waals surface area contributed by atoms with E-state index in [1.807, 2.05) is 0 Å². The highest BCUT2D eigenvalue weighted by molar-refractivity contribution is 4.99. The molecule has 0 nitrogen and oxygen atoms in total. The quantitative estimate of drug-likeness (QED) is 0.625. The van der Waals surface area contributed by atoms with Gasteiger partial charge in [0.25, 0.3) is 5.92 Å². The summed E-state index contributed by atoms with van der Waals surface area (Å²) in [7, 11) is 0. The topological polar surface area (TPSA) is 0 Å². The van der Waals surface area contributed by atoms with Crippen LogP contribution in [0.1, 0.15) is 41.5 Å². The second-order valence-electron chi connectivity index (χ2n) is 5.05. The molecule has 0 bridgehead atoms. The molecule has 0 spiro atoms. The molecule has 0 radical (unpaired) electrons. The van der Waals surface area contributed by atoms with Gasteiger partial charge >= 0.3 is 0 Å². The number of halogens is 3. The number of alkyl halides is 3. The van der Waals surface area contributed by atoms with Gasteiger partial charge in [0.1, 0.15) is 0 Å². The minimum atomic E-state index is -3.31. The molecule has 0 aromatic carbocycles. The van der Waals surface area contributed by atoms with Gasteiger partial charge < -0.3 is 0 Å². The Morgan fingerprint density at radius 1 is 0.846 bits per heavy atom. The van der Waals surface area contributed by atoms with Gasteiger partial charge in [-0.05, 0) is 12.8 Å². The average molecular weight is 196 g/mol. The van der Waals surface area contributed by atoms with Gasteiger partial charge in [-0.3, -0.25) is 0 Å². The molecule has 0 amide bonds. The van der Waals surface area contributed by atoms with E-state index in [1.165, 1.54) is 34.6 Å². The summed E-state index contributed by atoms with van der Waals surface area (Å²) in [5.74, 6) is -4.00. The molecule has 0 aliphatic heterocycles. The third kappa shape index (κ3) is 2.00. The molecule has 0 heterocycles. The Bertz CT molecular complexity index is 175. The van der Waals surface area contributed by atoms with Gasteiger partial charge in [0.2, 0.25) is 0 Å². The SMILES string of the molecule is CC(C)C(C)(F)C(F)(F)C(C)(C)C. The largest absolute Gasteiger partial charge is 0.286 e. The molecule has 13 heavy (non-hydrogen) atoms. The Morgan fingerprint density at radius 3 is 1.23 bits per heavy atom. The van der Waals surface area contributed by atoms with E-state index in [0.717, 1.165) is 6.92 Å². The Balaban J connectivity index is 5.04. The van der Waals surface area contributed by atoms with Crippen molar-refractivity contribution in [3.05, 3.63) is 0 Å². The van der Waals surface area contributed by atoms with Gasteiger partial charge in [-0.1, -0.05) is 34.6 Å². The van der Waals surface area contributed by atoms with Crippen molar-refractivity contribution < 1.29 is 13.2 Å². The lowest BCUT2D eigenvalue weighted by atomic mass is 9.74. The van der Waals surface area contributed by atoms with Gasteiger partial charge in [0.15, 0.2) is 5.67 Å². The number of rotatable bonds is 2. The van der Waals surface area contributed by atoms with Crippen LogP contribution in [0, 0.1) is 11.3 Å². The molecule has 80 valence electrons. The highest BCUT2D eigenvalue weighted by atomic mass is 19.3. The first kappa shape index (κ1) is 12.8. The molecule has 0 N–H and O–H groups in total. The van der Waals surface area contributed by atoms with E-state index in [2.05, 4.69) is 0 Å². The minimum Gasteiger partial charge on any atom is -0.237 e. The molecule has 0 aromatic heterocycles. The van der Waals surface area contributed by atoms with Crippen molar-refractivity contribution in [2.75, 3.05) is 0 Å². The highest BCUT2D eigenvalue weighted by Crippen LogP contribution is 2.48. The van der Waals surface area contributed by atoms with Crippen LogP contribution in [0.15, 0.2) is 0 Å². The van der Waals surface area contributed by atoms with Crippen LogP contribution in [0.5, 0.6) is 0 Å². The zero-order chi connectivity index (χ0) is 11.1. The summed E-state index contributed by atoms with van der Waals surface area (Å²) in [5.41, 5.74) is -3.80. The van der Waals surface area contributed by atoms with E-state index < -0.39 is 22.9 Å². The maximum Gasteiger partial charge on any atom is 0.286 e. The van der Waals surface area contributed by atoms with Crippen LogP contribution in [0.25, 0.3) is 0 Å². The van der Waals surface area contributed by atoms with E-state index in [4.69, 9.17) is 0 Å². The first-order valence-corrected chi connectivity index (χ1v) is 4.51. The summed E-state index contributed by atoms with van der Waals surface area (Å²) >= 11 is 0. The van der Waals surface area contributed by atoms with E-state index in [0.29, 0.717) is 0 Å². The summed E-state index contributed by atoms with van der Waals surface area (Å²) in [6.45, 7) is 7.98. The molecule has 0 fully saturated rings. The van der Waals surface area contributed by atoms with Gasteiger partial charge in [0.05, 0.1) is 0 Å². The number of hydrogen-bond acceptors (Lipinski definition) is 0. The normalized spacial score (nSPS) is 18.9. The average Bonchev–Trinajstić information content (AvgIpc) is 1.84. The summed E-state index contributed by atoms with van der Waals surface area (Å²) in [6.07, 6.45) is 0. The lowest BCUT2D eigenvalue weighted by Gasteiger charge is -2.41. The van der Waals surface area contributed by atoms with Crippen LogP contribution in [-0.2, 0) is 0 Å². The van der Waals surface area contributed by atoms with Crippen LogP contribution < -0.4 is 0 Å². The third-order valence-electron chi connectivity index (χ3n) is 2.64. The Labute approximate surface area is 78.5 Å². The van der Waals surface area contributed by atoms with Crippen molar-refractivity contribution >= 4 is 0 Å². The Hall–Kier alpha value is -0.210. The molecule has 3 heteroatoms. The van der Waals surface area contributed by atoms with Crippen molar-refractivity contribution in [1.29, 1.82) is 0 Å². The van der Waals surface area contributed by atoms with Crippen LogP contribution >= 0.6 is 0 Å². The predicted molar refractivity (Wildman–Crippen MR) is 48.8 cm³/mol. The van der Waals surface area contributed by atoms with Gasteiger partial charge in [-0.2, -0.15) is 0 Å². The number of hydrogen-bond donors (Lipinski definition) is 0. The molecule has 0 aliphatic carbocycles. The molecule has 0 rings (SSSR count). The van der Waals surface area contributed by atoms with Gasteiger partial charge in [-0.15, -0.1) is 0 Å². The predicted octanol–water partition coefficient (Wildman–Crippen LogP) is 4.05. The fourth-order valence-corrected chi connectivity index (χ4v) is 1.10. The monoisotopic (exact) mass is 196 g/mol. The van der Waals surface area contributed by atoms with Gasteiger partial charge in [-0.25, -0.2) is 13.2 Å². The molecule has 0 aliphatic rings. The lowest BCUT2D eigenvalue weighted by Crippen LogP contribution is -2.53. The first-order valence-electron chi connectivity index (χ1n) is 4.51. The molecule has 1 unspecified atom stereocenters. The van der Waals surface area contributed by atoms with Crippen molar-refractivity contribution in [1.82, 2.24) is 0 Å². The highest BCUT2D eigenvalue weighted by Gasteiger charge is 2.59. The van der Waals surface area contributed by atoms with Crippen molar-refractivity contribution in [2.24, 2.45) is 11.3 Å². The summed E-state index contributed by atoms with van der Waals surface area (Å²) in [4.78, 5) is 0. The van der Waals surface area contributed by atoms with Crippen LogP contribution in [0.4, 0.5) is 13.2 Å². The summed E-state index contributed by atoms with van der Waals surface area (Å²) in [6, 6.07) is 0. The fraction of sp³-hybridized carbons (Fsp3) is 1.00. The second-order valence-corrected chi connectivity index (χ2v) is 5.05. The summed E-state index contributed by atoms with van der Waals surface area (Å²) in [5, 5.41) is 0. The zero-order valence-electron chi connectivity index (χ0n) is 9.21. The Kier molecular flexibility index (Phi) is 3.12. The standard InChI is InChI=1S/C10H19F3/c1-7(2)9(6,11)10(12,13)8(3,4)5/h7H,1-6H3. The minimum absolute atomic E-state index is 0.693. The molecule has 0 saturated carbocycles. The molecule has 0 aromatic rings. The molecular formula is C10H19F3. The third-order valence-corrected chi connectivity index (χ3v) is 2.64. The van der Waals surface area contributed by atoms with E-state index in [1.54, 1.807) is 0 Å². The fourth-order valence-electron chi connectivity index (χ4n) is 1.10. The van der Waals surface area contributed by atoms with Crippen molar-refractivity contribution in [3.8, 4) is 0 Å². The van der Waals surface area contributed by atoms with Crippen molar-refractivity contribution in [3.63, 3.8) is 0 Å². The molecule has 0 saturated heterocycles. The van der Waals surface area contributed by atoms with Gasteiger partial charge in [0, 0.05) is 5.41 Å². The smallest absolute Gasteiger partial charge is 0.237 e. The first-order chi connectivity index (χ1) is 5.44. The second kappa shape index (κ2) is 3.18. The molecule has 1 atom stereocenters. The summed E-state index contributed by atoms with van der Waals surface area (Å²) < 4.78 is 40.9. The van der Waals surface area contributed by atoms with Crippen LogP contribution in [0.2, 0.25) is 0 Å². The Morgan fingerprint density at radius 2 is 1.15 bits per heavy atom.